The largest absolute Gasteiger partial charge is 0.480 e. The number of aliphatic imine (C=N–C) groups is 1. The van der Waals surface area contributed by atoms with E-state index in [0.29, 0.717) is 6.42 Å². The molecule has 0 aromatic heterocycles. The van der Waals surface area contributed by atoms with E-state index in [9.17, 15) is 19.5 Å². The van der Waals surface area contributed by atoms with Crippen LogP contribution in [-0.2, 0) is 14.3 Å². The van der Waals surface area contributed by atoms with Crippen molar-refractivity contribution in [1.29, 1.82) is 0 Å². The second-order valence-electron chi connectivity index (χ2n) is 7.45. The number of nitrogens with zero attached hydrogens (tertiary/aromatic N) is 1. The SMILES string of the molecule is CC(=O)NC(N)=NCCC[C@H](NC(=O)OCC1c2ccccc2-c2ccccc21)C(=O)O. The minimum Gasteiger partial charge on any atom is -0.480 e. The Kier molecular flexibility index (Phi) is 7.43. The average molecular weight is 438 g/mol. The highest BCUT2D eigenvalue weighted by Gasteiger charge is 2.29. The fourth-order valence-corrected chi connectivity index (χ4v) is 3.75. The summed E-state index contributed by atoms with van der Waals surface area (Å²) in [6, 6.07) is 14.8. The number of benzene rings is 2. The molecule has 0 fully saturated rings. The third kappa shape index (κ3) is 5.63. The van der Waals surface area contributed by atoms with Crippen molar-refractivity contribution in [3.8, 4) is 11.1 Å². The molecule has 5 N–H and O–H groups in total. The van der Waals surface area contributed by atoms with Crippen molar-refractivity contribution in [3.63, 3.8) is 0 Å². The summed E-state index contributed by atoms with van der Waals surface area (Å²) < 4.78 is 5.40. The Hall–Kier alpha value is -3.88. The van der Waals surface area contributed by atoms with Crippen molar-refractivity contribution >= 4 is 23.9 Å². The molecule has 32 heavy (non-hydrogen) atoms. The Morgan fingerprint density at radius 3 is 2.25 bits per heavy atom. The van der Waals surface area contributed by atoms with Gasteiger partial charge in [0.2, 0.25) is 5.91 Å². The Labute approximate surface area is 185 Å². The van der Waals surface area contributed by atoms with Gasteiger partial charge in [-0.25, -0.2) is 9.59 Å². The number of fused-ring (bicyclic) bond motifs is 3. The van der Waals surface area contributed by atoms with Gasteiger partial charge in [0.15, 0.2) is 5.96 Å². The highest BCUT2D eigenvalue weighted by molar-refractivity contribution is 5.94. The lowest BCUT2D eigenvalue weighted by atomic mass is 9.98. The summed E-state index contributed by atoms with van der Waals surface area (Å²) in [6.07, 6.45) is -0.308. The molecule has 9 nitrogen and oxygen atoms in total. The van der Waals surface area contributed by atoms with Crippen molar-refractivity contribution in [2.24, 2.45) is 10.7 Å². The minimum absolute atomic E-state index is 0.0335. The summed E-state index contributed by atoms with van der Waals surface area (Å²) in [5.41, 5.74) is 9.88. The quantitative estimate of drug-likeness (QED) is 0.283. The van der Waals surface area contributed by atoms with Gasteiger partial charge in [0.05, 0.1) is 0 Å². The van der Waals surface area contributed by atoms with Crippen molar-refractivity contribution in [3.05, 3.63) is 59.7 Å². The van der Waals surface area contributed by atoms with Gasteiger partial charge in [0, 0.05) is 19.4 Å². The summed E-state index contributed by atoms with van der Waals surface area (Å²) in [5.74, 6) is -1.65. The molecule has 0 spiro atoms. The van der Waals surface area contributed by atoms with Gasteiger partial charge >= 0.3 is 12.1 Å². The molecule has 9 heteroatoms. The number of carbonyl (C=O) groups is 3. The first kappa shape index (κ1) is 22.8. The van der Waals surface area contributed by atoms with Gasteiger partial charge < -0.3 is 20.9 Å². The zero-order valence-corrected chi connectivity index (χ0v) is 17.7. The lowest BCUT2D eigenvalue weighted by molar-refractivity contribution is -0.139. The molecule has 0 bridgehead atoms. The van der Waals surface area contributed by atoms with Gasteiger partial charge in [-0.15, -0.1) is 0 Å². The molecule has 1 atom stereocenters. The number of guanidine groups is 1. The second kappa shape index (κ2) is 10.4. The number of amides is 2. The molecule has 0 saturated heterocycles. The van der Waals surface area contributed by atoms with Crippen LogP contribution in [0.25, 0.3) is 11.1 Å². The van der Waals surface area contributed by atoms with Crippen LogP contribution in [0.5, 0.6) is 0 Å². The van der Waals surface area contributed by atoms with Crippen LogP contribution < -0.4 is 16.4 Å². The van der Waals surface area contributed by atoms with Gasteiger partial charge in [-0.2, -0.15) is 0 Å². The van der Waals surface area contributed by atoms with Crippen LogP contribution in [0, 0.1) is 0 Å². The molecule has 0 unspecified atom stereocenters. The number of rotatable bonds is 8. The molecular formula is C23H26N4O5. The number of carboxylic acid groups (broad SMARTS) is 1. The number of nitrogens with one attached hydrogen (secondary N) is 2. The number of carbonyl (C=O) groups excluding carboxylic acids is 2. The molecule has 3 rings (SSSR count). The molecule has 1 aliphatic rings. The number of hydrogen-bond acceptors (Lipinski definition) is 5. The van der Waals surface area contributed by atoms with Gasteiger partial charge in [0.25, 0.3) is 0 Å². The van der Waals surface area contributed by atoms with E-state index in [4.69, 9.17) is 10.5 Å². The minimum atomic E-state index is -1.17. The fourth-order valence-electron chi connectivity index (χ4n) is 3.75. The van der Waals surface area contributed by atoms with Crippen LogP contribution in [-0.4, -0.2) is 48.2 Å². The molecule has 2 aromatic rings. The highest BCUT2D eigenvalue weighted by atomic mass is 16.5. The van der Waals surface area contributed by atoms with Gasteiger partial charge in [-0.1, -0.05) is 48.5 Å². The molecule has 0 saturated carbocycles. The summed E-state index contributed by atoms with van der Waals surface area (Å²) in [6.45, 7) is 1.62. The van der Waals surface area contributed by atoms with Gasteiger partial charge in [0.1, 0.15) is 12.6 Å². The third-order valence-electron chi connectivity index (χ3n) is 5.17. The normalized spacial score (nSPS) is 13.6. The summed E-state index contributed by atoms with van der Waals surface area (Å²) >= 11 is 0. The first-order valence-corrected chi connectivity index (χ1v) is 10.3. The molecule has 0 aliphatic heterocycles. The lowest BCUT2D eigenvalue weighted by Crippen LogP contribution is -2.41. The van der Waals surface area contributed by atoms with Crippen LogP contribution in [0.1, 0.15) is 36.8 Å². The molecule has 0 heterocycles. The van der Waals surface area contributed by atoms with Gasteiger partial charge in [-0.3, -0.25) is 15.1 Å². The van der Waals surface area contributed by atoms with E-state index in [2.05, 4.69) is 15.6 Å². The van der Waals surface area contributed by atoms with E-state index >= 15 is 0 Å². The smallest absolute Gasteiger partial charge is 0.407 e. The van der Waals surface area contributed by atoms with Crippen molar-refractivity contribution in [2.75, 3.05) is 13.2 Å². The molecule has 2 aromatic carbocycles. The Morgan fingerprint density at radius 2 is 1.69 bits per heavy atom. The van der Waals surface area contributed by atoms with Gasteiger partial charge in [-0.05, 0) is 35.1 Å². The number of alkyl carbamates (subject to hydrolysis) is 1. The number of ether oxygens (including phenoxy) is 1. The van der Waals surface area contributed by atoms with E-state index in [1.807, 2.05) is 48.5 Å². The summed E-state index contributed by atoms with van der Waals surface area (Å²) in [4.78, 5) is 38.6. The summed E-state index contributed by atoms with van der Waals surface area (Å²) in [5, 5.41) is 14.1. The number of carboxylic acids is 1. The van der Waals surface area contributed by atoms with Crippen LogP contribution >= 0.6 is 0 Å². The van der Waals surface area contributed by atoms with Crippen LogP contribution in [0.2, 0.25) is 0 Å². The maximum absolute atomic E-state index is 12.3. The molecule has 1 aliphatic carbocycles. The van der Waals surface area contributed by atoms with E-state index in [0.717, 1.165) is 22.3 Å². The Morgan fingerprint density at radius 1 is 1.09 bits per heavy atom. The van der Waals surface area contributed by atoms with E-state index in [-0.39, 0.29) is 37.4 Å². The molecule has 2 amide bonds. The monoisotopic (exact) mass is 438 g/mol. The first-order valence-electron chi connectivity index (χ1n) is 10.3. The number of hydrogen-bond donors (Lipinski definition) is 4. The molecular weight excluding hydrogens is 412 g/mol. The number of nitrogens with two attached hydrogens (primary N) is 1. The highest BCUT2D eigenvalue weighted by Crippen LogP contribution is 2.44. The van der Waals surface area contributed by atoms with Crippen LogP contribution in [0.3, 0.4) is 0 Å². The fraction of sp³-hybridized carbons (Fsp3) is 0.304. The van der Waals surface area contributed by atoms with Crippen LogP contribution in [0.15, 0.2) is 53.5 Å². The zero-order chi connectivity index (χ0) is 23.1. The zero-order valence-electron chi connectivity index (χ0n) is 17.7. The van der Waals surface area contributed by atoms with Crippen molar-refractivity contribution in [2.45, 2.75) is 31.7 Å². The maximum Gasteiger partial charge on any atom is 0.407 e. The first-order chi connectivity index (χ1) is 15.4. The van der Waals surface area contributed by atoms with Crippen molar-refractivity contribution in [1.82, 2.24) is 10.6 Å². The molecule has 0 radical (unpaired) electrons. The van der Waals surface area contributed by atoms with Crippen LogP contribution in [0.4, 0.5) is 4.79 Å². The maximum atomic E-state index is 12.3. The third-order valence-corrected chi connectivity index (χ3v) is 5.17. The predicted molar refractivity (Wildman–Crippen MR) is 119 cm³/mol. The topological polar surface area (TPSA) is 143 Å². The van der Waals surface area contributed by atoms with Crippen molar-refractivity contribution < 1.29 is 24.2 Å². The predicted octanol–water partition coefficient (Wildman–Crippen LogP) is 2.21. The average Bonchev–Trinajstić information content (AvgIpc) is 3.07. The Bertz CT molecular complexity index is 991. The summed E-state index contributed by atoms with van der Waals surface area (Å²) in [7, 11) is 0. The Balaban J connectivity index is 1.54. The van der Waals surface area contributed by atoms with E-state index in [1.54, 1.807) is 0 Å². The molecule has 168 valence electrons. The number of aliphatic carboxylic acids is 1. The second-order valence-corrected chi connectivity index (χ2v) is 7.45. The lowest BCUT2D eigenvalue weighted by Gasteiger charge is -2.17. The van der Waals surface area contributed by atoms with E-state index < -0.39 is 18.1 Å². The standard InChI is InChI=1S/C23H26N4O5/c1-14(28)26-22(24)25-12-6-11-20(21(29)30)27-23(31)32-13-19-17-9-4-2-7-15(17)16-8-3-5-10-18(16)19/h2-5,7-10,19-20H,6,11-13H2,1H3,(H,27,31)(H,29,30)(H3,24,25,26,28)/t20-/m0/s1. The van der Waals surface area contributed by atoms with E-state index in [1.165, 1.54) is 6.92 Å².